The fraction of sp³-hybridized carbons (Fsp3) is 0.688. The predicted molar refractivity (Wildman–Crippen MR) is 76.2 cm³/mol. The highest BCUT2D eigenvalue weighted by molar-refractivity contribution is 5.96. The minimum Gasteiger partial charge on any atom is -0.348 e. The van der Waals surface area contributed by atoms with Crippen LogP contribution in [0.1, 0.15) is 42.6 Å². The number of aryl methyl sites for hydroxylation is 1. The minimum atomic E-state index is 0.266. The third kappa shape index (κ3) is 2.76. The maximum Gasteiger partial charge on any atom is 0.193 e. The monoisotopic (exact) mass is 260 g/mol. The van der Waals surface area contributed by atoms with Crippen molar-refractivity contribution < 1.29 is 4.79 Å². The van der Waals surface area contributed by atoms with Crippen LogP contribution in [0, 0.1) is 11.8 Å². The molecule has 1 aliphatic carbocycles. The van der Waals surface area contributed by atoms with Crippen molar-refractivity contribution in [2.75, 3.05) is 19.6 Å². The number of aromatic nitrogens is 1. The third-order valence-electron chi connectivity index (χ3n) is 4.97. The van der Waals surface area contributed by atoms with Crippen LogP contribution in [0.25, 0.3) is 0 Å². The first-order valence-electron chi connectivity index (χ1n) is 7.61. The number of carbonyl (C=O) groups excluding carboxylic acids is 1. The van der Waals surface area contributed by atoms with E-state index in [1.165, 1.54) is 32.1 Å². The van der Waals surface area contributed by atoms with Gasteiger partial charge in [0.15, 0.2) is 5.78 Å². The van der Waals surface area contributed by atoms with E-state index in [1.54, 1.807) is 0 Å². The molecule has 2 fully saturated rings. The van der Waals surface area contributed by atoms with Gasteiger partial charge in [0.25, 0.3) is 0 Å². The standard InChI is InChI=1S/C16H24N2O/c1-17-9-4-7-15(17)16(19)12-18-10-8-13-5-2-3-6-14(13)11-18/h4,7,9,13-14H,2-3,5-6,8,10-12H2,1H3/t13-,14+/m0/s1. The highest BCUT2D eigenvalue weighted by Crippen LogP contribution is 2.35. The number of nitrogens with zero attached hydrogens (tertiary/aromatic N) is 2. The van der Waals surface area contributed by atoms with Crippen LogP contribution in [0.3, 0.4) is 0 Å². The lowest BCUT2D eigenvalue weighted by molar-refractivity contribution is 0.0707. The molecule has 1 saturated carbocycles. The number of rotatable bonds is 3. The van der Waals surface area contributed by atoms with E-state index >= 15 is 0 Å². The van der Waals surface area contributed by atoms with Gasteiger partial charge < -0.3 is 4.57 Å². The third-order valence-corrected chi connectivity index (χ3v) is 4.97. The van der Waals surface area contributed by atoms with Crippen LogP contribution in [0.15, 0.2) is 18.3 Å². The second-order valence-electron chi connectivity index (χ2n) is 6.26. The summed E-state index contributed by atoms with van der Waals surface area (Å²) < 4.78 is 1.93. The van der Waals surface area contributed by atoms with E-state index < -0.39 is 0 Å². The van der Waals surface area contributed by atoms with Crippen LogP contribution in [0.4, 0.5) is 0 Å². The molecule has 0 aromatic carbocycles. The highest BCUT2D eigenvalue weighted by atomic mass is 16.1. The van der Waals surface area contributed by atoms with Gasteiger partial charge in [-0.2, -0.15) is 0 Å². The Labute approximate surface area is 115 Å². The van der Waals surface area contributed by atoms with E-state index in [2.05, 4.69) is 4.90 Å². The van der Waals surface area contributed by atoms with E-state index in [-0.39, 0.29) is 5.78 Å². The summed E-state index contributed by atoms with van der Waals surface area (Å²) in [5, 5.41) is 0. The fourth-order valence-electron chi connectivity index (χ4n) is 3.85. The van der Waals surface area contributed by atoms with Gasteiger partial charge in [0.2, 0.25) is 0 Å². The summed E-state index contributed by atoms with van der Waals surface area (Å²) in [4.78, 5) is 14.7. The second kappa shape index (κ2) is 5.49. The van der Waals surface area contributed by atoms with Gasteiger partial charge in [-0.15, -0.1) is 0 Å². The molecule has 0 unspecified atom stereocenters. The molecule has 0 amide bonds. The van der Waals surface area contributed by atoms with Crippen molar-refractivity contribution in [3.05, 3.63) is 24.0 Å². The van der Waals surface area contributed by atoms with Crippen molar-refractivity contribution in [2.24, 2.45) is 18.9 Å². The predicted octanol–water partition coefficient (Wildman–Crippen LogP) is 2.72. The van der Waals surface area contributed by atoms with E-state index in [1.807, 2.05) is 29.9 Å². The summed E-state index contributed by atoms with van der Waals surface area (Å²) in [6, 6.07) is 3.87. The van der Waals surface area contributed by atoms with Gasteiger partial charge in [-0.1, -0.05) is 19.3 Å². The molecule has 2 heterocycles. The Hall–Kier alpha value is -1.09. The first-order valence-corrected chi connectivity index (χ1v) is 7.61. The van der Waals surface area contributed by atoms with Gasteiger partial charge in [0.1, 0.15) is 0 Å². The number of hydrogen-bond donors (Lipinski definition) is 0. The Bertz CT molecular complexity index is 451. The molecule has 1 aromatic rings. The summed E-state index contributed by atoms with van der Waals surface area (Å²) in [5.74, 6) is 2.06. The van der Waals surface area contributed by atoms with Crippen molar-refractivity contribution in [3.8, 4) is 0 Å². The van der Waals surface area contributed by atoms with Gasteiger partial charge in [-0.25, -0.2) is 0 Å². The minimum absolute atomic E-state index is 0.266. The van der Waals surface area contributed by atoms with Crippen LogP contribution in [0.5, 0.6) is 0 Å². The molecular weight excluding hydrogens is 236 g/mol. The molecule has 2 aliphatic rings. The van der Waals surface area contributed by atoms with Crippen molar-refractivity contribution in [2.45, 2.75) is 32.1 Å². The summed E-state index contributed by atoms with van der Waals surface area (Å²) in [7, 11) is 1.95. The first kappa shape index (κ1) is 12.9. The van der Waals surface area contributed by atoms with E-state index in [0.717, 1.165) is 30.6 Å². The van der Waals surface area contributed by atoms with Crippen LogP contribution >= 0.6 is 0 Å². The lowest BCUT2D eigenvalue weighted by Crippen LogP contribution is -2.44. The average molecular weight is 260 g/mol. The molecule has 0 bridgehead atoms. The Morgan fingerprint density at radius 3 is 2.79 bits per heavy atom. The summed E-state index contributed by atoms with van der Waals surface area (Å²) in [6.07, 6.45) is 8.85. The molecular formula is C16H24N2O. The number of likely N-dealkylation sites (tertiary alicyclic amines) is 1. The number of ketones is 1. The molecule has 19 heavy (non-hydrogen) atoms. The molecule has 0 spiro atoms. The topological polar surface area (TPSA) is 25.2 Å². The van der Waals surface area contributed by atoms with Crippen molar-refractivity contribution >= 4 is 5.78 Å². The largest absolute Gasteiger partial charge is 0.348 e. The molecule has 2 atom stereocenters. The molecule has 1 saturated heterocycles. The molecule has 104 valence electrons. The molecule has 0 N–H and O–H groups in total. The van der Waals surface area contributed by atoms with E-state index in [9.17, 15) is 4.79 Å². The number of fused-ring (bicyclic) bond motifs is 1. The molecule has 3 heteroatoms. The van der Waals surface area contributed by atoms with Crippen LogP contribution in [0.2, 0.25) is 0 Å². The maximum absolute atomic E-state index is 12.3. The Morgan fingerprint density at radius 2 is 2.05 bits per heavy atom. The average Bonchev–Trinajstić information content (AvgIpc) is 2.85. The molecule has 1 aliphatic heterocycles. The summed E-state index contributed by atoms with van der Waals surface area (Å²) in [6.45, 7) is 2.85. The Kier molecular flexibility index (Phi) is 3.74. The van der Waals surface area contributed by atoms with Gasteiger partial charge >= 0.3 is 0 Å². The first-order chi connectivity index (χ1) is 9.24. The molecule has 0 radical (unpaired) electrons. The zero-order chi connectivity index (χ0) is 13.2. The van der Waals surface area contributed by atoms with E-state index in [4.69, 9.17) is 0 Å². The lowest BCUT2D eigenvalue weighted by Gasteiger charge is -2.41. The number of Topliss-reactive ketones (excluding diaryl/α,β-unsaturated/α-hetero) is 1. The Balaban J connectivity index is 1.59. The quantitative estimate of drug-likeness (QED) is 0.781. The van der Waals surface area contributed by atoms with Crippen molar-refractivity contribution in [1.82, 2.24) is 9.47 Å². The lowest BCUT2D eigenvalue weighted by atomic mass is 9.75. The number of piperidine rings is 1. The zero-order valence-electron chi connectivity index (χ0n) is 11.8. The van der Waals surface area contributed by atoms with Crippen LogP contribution in [-0.2, 0) is 7.05 Å². The molecule has 1 aromatic heterocycles. The van der Waals surface area contributed by atoms with Crippen LogP contribution in [-0.4, -0.2) is 34.9 Å². The summed E-state index contributed by atoms with van der Waals surface area (Å²) >= 11 is 0. The van der Waals surface area contributed by atoms with Gasteiger partial charge in [0.05, 0.1) is 12.2 Å². The zero-order valence-corrected chi connectivity index (χ0v) is 11.8. The van der Waals surface area contributed by atoms with Gasteiger partial charge in [0, 0.05) is 19.8 Å². The molecule has 3 nitrogen and oxygen atoms in total. The summed E-state index contributed by atoms with van der Waals surface area (Å²) in [5.41, 5.74) is 0.839. The fourth-order valence-corrected chi connectivity index (χ4v) is 3.85. The van der Waals surface area contributed by atoms with E-state index in [0.29, 0.717) is 6.54 Å². The number of carbonyl (C=O) groups is 1. The SMILES string of the molecule is Cn1cccc1C(=O)CN1CC[C@@H]2CCCC[C@@H]2C1. The number of hydrogen-bond acceptors (Lipinski definition) is 2. The normalized spacial score (nSPS) is 28.1. The second-order valence-corrected chi connectivity index (χ2v) is 6.26. The Morgan fingerprint density at radius 1 is 1.26 bits per heavy atom. The van der Waals surface area contributed by atoms with Crippen molar-refractivity contribution in [1.29, 1.82) is 0 Å². The van der Waals surface area contributed by atoms with Gasteiger partial charge in [-0.3, -0.25) is 9.69 Å². The maximum atomic E-state index is 12.3. The van der Waals surface area contributed by atoms with Gasteiger partial charge in [-0.05, 0) is 43.4 Å². The molecule has 3 rings (SSSR count). The highest BCUT2D eigenvalue weighted by Gasteiger charge is 2.31. The van der Waals surface area contributed by atoms with Crippen LogP contribution < -0.4 is 0 Å². The van der Waals surface area contributed by atoms with Crippen molar-refractivity contribution in [3.63, 3.8) is 0 Å². The smallest absolute Gasteiger partial charge is 0.193 e.